The van der Waals surface area contributed by atoms with E-state index in [1.165, 1.54) is 5.56 Å². The highest BCUT2D eigenvalue weighted by Crippen LogP contribution is 2.17. The lowest BCUT2D eigenvalue weighted by molar-refractivity contribution is 0.0761. The van der Waals surface area contributed by atoms with Gasteiger partial charge in [0.25, 0.3) is 5.91 Å². The Morgan fingerprint density at radius 1 is 1.07 bits per heavy atom. The van der Waals surface area contributed by atoms with Gasteiger partial charge in [-0.2, -0.15) is 0 Å². The number of methoxy groups -OCH3 is 1. The number of ether oxygens (including phenoxy) is 1. The van der Waals surface area contributed by atoms with E-state index in [-0.39, 0.29) is 5.91 Å². The Morgan fingerprint density at radius 3 is 2.66 bits per heavy atom. The van der Waals surface area contributed by atoms with Crippen molar-refractivity contribution in [3.05, 3.63) is 53.6 Å². The molecule has 1 aliphatic rings. The van der Waals surface area contributed by atoms with Crippen LogP contribution in [0.25, 0.3) is 11.0 Å². The molecule has 2 aromatic carbocycles. The molecule has 0 N–H and O–H groups in total. The predicted octanol–water partition coefficient (Wildman–Crippen LogP) is 2.81. The van der Waals surface area contributed by atoms with Crippen LogP contribution in [0.15, 0.2) is 42.5 Å². The van der Waals surface area contributed by atoms with Gasteiger partial charge in [-0.15, -0.1) is 5.10 Å². The van der Waals surface area contributed by atoms with Gasteiger partial charge in [-0.3, -0.25) is 9.69 Å². The van der Waals surface area contributed by atoms with Crippen LogP contribution >= 0.6 is 0 Å². The molecule has 0 radical (unpaired) electrons. The number of benzene rings is 2. The minimum absolute atomic E-state index is 0.0734. The number of amides is 1. The molecule has 0 atom stereocenters. The van der Waals surface area contributed by atoms with Crippen molar-refractivity contribution in [1.82, 2.24) is 24.8 Å². The number of fused-ring (bicyclic) bond motifs is 1. The smallest absolute Gasteiger partial charge is 0.253 e. The Labute approximate surface area is 170 Å². The third-order valence-electron chi connectivity index (χ3n) is 5.50. The molecule has 3 aromatic rings. The minimum atomic E-state index is 0.0734. The molecule has 4 rings (SSSR count). The highest BCUT2D eigenvalue weighted by atomic mass is 16.5. The number of hydrogen-bond acceptors (Lipinski definition) is 5. The summed E-state index contributed by atoms with van der Waals surface area (Å²) in [6.45, 7) is 7.04. The van der Waals surface area contributed by atoms with Crippen molar-refractivity contribution >= 4 is 16.9 Å². The number of nitrogens with zero attached hydrogens (tertiary/aromatic N) is 5. The average Bonchev–Trinajstić information content (AvgIpc) is 3.03. The van der Waals surface area contributed by atoms with E-state index in [0.717, 1.165) is 62.5 Å². The van der Waals surface area contributed by atoms with E-state index in [1.807, 2.05) is 46.8 Å². The molecule has 29 heavy (non-hydrogen) atoms. The fourth-order valence-corrected chi connectivity index (χ4v) is 3.84. The van der Waals surface area contributed by atoms with Gasteiger partial charge in [0, 0.05) is 44.8 Å². The molecule has 1 amide bonds. The first kappa shape index (κ1) is 19.4. The zero-order chi connectivity index (χ0) is 20.2. The third-order valence-corrected chi connectivity index (χ3v) is 5.50. The molecule has 0 saturated carbocycles. The van der Waals surface area contributed by atoms with E-state index in [4.69, 9.17) is 4.74 Å². The van der Waals surface area contributed by atoms with Crippen LogP contribution in [0.5, 0.6) is 5.75 Å². The first-order chi connectivity index (χ1) is 14.2. The minimum Gasteiger partial charge on any atom is -0.497 e. The molecule has 1 aromatic heterocycles. The molecular weight excluding hydrogens is 366 g/mol. The van der Waals surface area contributed by atoms with E-state index in [9.17, 15) is 4.79 Å². The van der Waals surface area contributed by atoms with Crippen LogP contribution in [-0.4, -0.2) is 64.0 Å². The van der Waals surface area contributed by atoms with Gasteiger partial charge in [0.2, 0.25) is 0 Å². The van der Waals surface area contributed by atoms with Gasteiger partial charge < -0.3 is 9.64 Å². The van der Waals surface area contributed by atoms with E-state index in [1.54, 1.807) is 7.11 Å². The zero-order valence-electron chi connectivity index (χ0n) is 17.0. The normalized spacial score (nSPS) is 15.4. The van der Waals surface area contributed by atoms with Gasteiger partial charge in [-0.25, -0.2) is 4.68 Å². The average molecular weight is 393 g/mol. The summed E-state index contributed by atoms with van der Waals surface area (Å²) in [5.74, 6) is 0.946. The van der Waals surface area contributed by atoms with Gasteiger partial charge in [-0.05, 0) is 49.2 Å². The monoisotopic (exact) mass is 393 g/mol. The van der Waals surface area contributed by atoms with Gasteiger partial charge in [0.05, 0.1) is 12.6 Å². The molecular formula is C22H27N5O2. The zero-order valence-corrected chi connectivity index (χ0v) is 17.0. The van der Waals surface area contributed by atoms with Gasteiger partial charge in [0.1, 0.15) is 11.3 Å². The summed E-state index contributed by atoms with van der Waals surface area (Å²) in [5, 5.41) is 8.32. The van der Waals surface area contributed by atoms with Crippen molar-refractivity contribution in [2.24, 2.45) is 0 Å². The van der Waals surface area contributed by atoms with Crippen LogP contribution in [0, 0.1) is 0 Å². The number of aromatic nitrogens is 3. The number of rotatable bonds is 5. The Hall–Kier alpha value is -2.93. The highest BCUT2D eigenvalue weighted by molar-refractivity contribution is 5.97. The molecule has 1 saturated heterocycles. The van der Waals surface area contributed by atoms with Crippen molar-refractivity contribution < 1.29 is 9.53 Å². The fraction of sp³-hybridized carbons (Fsp3) is 0.409. The predicted molar refractivity (Wildman–Crippen MR) is 112 cm³/mol. The van der Waals surface area contributed by atoms with E-state index < -0.39 is 0 Å². The Kier molecular flexibility index (Phi) is 5.76. The molecule has 2 heterocycles. The summed E-state index contributed by atoms with van der Waals surface area (Å²) >= 11 is 0. The van der Waals surface area contributed by atoms with Gasteiger partial charge in [0.15, 0.2) is 0 Å². The highest BCUT2D eigenvalue weighted by Gasteiger charge is 2.21. The Morgan fingerprint density at radius 2 is 1.90 bits per heavy atom. The largest absolute Gasteiger partial charge is 0.497 e. The summed E-state index contributed by atoms with van der Waals surface area (Å²) in [6.07, 6.45) is 0.968. The van der Waals surface area contributed by atoms with E-state index in [2.05, 4.69) is 27.3 Å². The van der Waals surface area contributed by atoms with Crippen molar-refractivity contribution in [2.75, 3.05) is 33.3 Å². The van der Waals surface area contributed by atoms with Gasteiger partial charge in [-0.1, -0.05) is 17.3 Å². The topological polar surface area (TPSA) is 63.5 Å². The number of aryl methyl sites for hydroxylation is 1. The van der Waals surface area contributed by atoms with Crippen molar-refractivity contribution in [3.63, 3.8) is 0 Å². The molecule has 7 nitrogen and oxygen atoms in total. The number of carbonyl (C=O) groups is 1. The molecule has 0 spiro atoms. The Bertz CT molecular complexity index is 983. The Balaban J connectivity index is 1.40. The standard InChI is InChI=1S/C22H27N5O2/c1-3-27-21-10-7-18(15-20(21)23-24-27)22(28)26-12-4-11-25(13-14-26)16-17-5-8-19(29-2)9-6-17/h5-10,15H,3-4,11-14,16H2,1-2H3. The molecule has 7 heteroatoms. The third kappa shape index (κ3) is 4.24. The lowest BCUT2D eigenvalue weighted by Gasteiger charge is -2.22. The van der Waals surface area contributed by atoms with Crippen LogP contribution in [0.1, 0.15) is 29.3 Å². The van der Waals surface area contributed by atoms with Crippen LogP contribution in [0.2, 0.25) is 0 Å². The SMILES string of the molecule is CCn1nnc2cc(C(=O)N3CCCN(Cc4ccc(OC)cc4)CC3)ccc21. The summed E-state index contributed by atoms with van der Waals surface area (Å²) in [5.41, 5.74) is 3.68. The maximum atomic E-state index is 13.0. The molecule has 152 valence electrons. The second kappa shape index (κ2) is 8.61. The van der Waals surface area contributed by atoms with Crippen molar-refractivity contribution in [2.45, 2.75) is 26.4 Å². The fourth-order valence-electron chi connectivity index (χ4n) is 3.84. The first-order valence-electron chi connectivity index (χ1n) is 10.2. The molecule has 1 aliphatic heterocycles. The summed E-state index contributed by atoms with van der Waals surface area (Å²) in [4.78, 5) is 17.4. The van der Waals surface area contributed by atoms with Crippen LogP contribution in [-0.2, 0) is 13.1 Å². The quantitative estimate of drug-likeness (QED) is 0.667. The van der Waals surface area contributed by atoms with E-state index >= 15 is 0 Å². The summed E-state index contributed by atoms with van der Waals surface area (Å²) in [7, 11) is 1.68. The van der Waals surface area contributed by atoms with E-state index in [0.29, 0.717) is 5.56 Å². The lowest BCUT2D eigenvalue weighted by atomic mass is 10.1. The summed E-state index contributed by atoms with van der Waals surface area (Å²) < 4.78 is 7.07. The van der Waals surface area contributed by atoms with Crippen LogP contribution in [0.4, 0.5) is 0 Å². The second-order valence-electron chi connectivity index (χ2n) is 7.38. The van der Waals surface area contributed by atoms with Gasteiger partial charge >= 0.3 is 0 Å². The van der Waals surface area contributed by atoms with Crippen LogP contribution in [0.3, 0.4) is 0 Å². The lowest BCUT2D eigenvalue weighted by Crippen LogP contribution is -2.35. The molecule has 1 fully saturated rings. The van der Waals surface area contributed by atoms with Crippen molar-refractivity contribution in [3.8, 4) is 5.75 Å². The maximum absolute atomic E-state index is 13.0. The van der Waals surface area contributed by atoms with Crippen molar-refractivity contribution in [1.29, 1.82) is 0 Å². The maximum Gasteiger partial charge on any atom is 0.253 e. The molecule has 0 unspecified atom stereocenters. The molecule has 0 aliphatic carbocycles. The second-order valence-corrected chi connectivity index (χ2v) is 7.38. The first-order valence-corrected chi connectivity index (χ1v) is 10.2. The number of carbonyl (C=O) groups excluding carboxylic acids is 1. The number of hydrogen-bond donors (Lipinski definition) is 0. The van der Waals surface area contributed by atoms with Crippen LogP contribution < -0.4 is 4.74 Å². The molecule has 0 bridgehead atoms. The summed E-state index contributed by atoms with van der Waals surface area (Å²) in [6, 6.07) is 13.9.